The Morgan fingerprint density at radius 2 is 1.85 bits per heavy atom. The molecule has 1 saturated heterocycles. The summed E-state index contributed by atoms with van der Waals surface area (Å²) in [6.07, 6.45) is 1.41. The first kappa shape index (κ1) is 21.6. The average Bonchev–Trinajstić information content (AvgIpc) is 3.18. The number of carbonyl (C=O) groups is 2. The first-order chi connectivity index (χ1) is 16.0. The fourth-order valence-electron chi connectivity index (χ4n) is 5.24. The van der Waals surface area contributed by atoms with Crippen molar-refractivity contribution < 1.29 is 14.3 Å². The van der Waals surface area contributed by atoms with Crippen LogP contribution in [-0.4, -0.2) is 52.3 Å². The van der Waals surface area contributed by atoms with Gasteiger partial charge in [0.1, 0.15) is 17.8 Å². The summed E-state index contributed by atoms with van der Waals surface area (Å²) < 4.78 is 5.96. The van der Waals surface area contributed by atoms with Crippen LogP contribution in [0.25, 0.3) is 10.9 Å². The molecule has 2 atom stereocenters. The number of hydrogen-bond donors (Lipinski definition) is 1. The molecule has 3 aromatic rings. The summed E-state index contributed by atoms with van der Waals surface area (Å²) in [5, 5.41) is 1.12. The highest BCUT2D eigenvalue weighted by Crippen LogP contribution is 2.44. The molecular weight excluding hydrogens is 414 g/mol. The number of aromatic nitrogens is 1. The van der Waals surface area contributed by atoms with Crippen molar-refractivity contribution in [2.24, 2.45) is 5.92 Å². The van der Waals surface area contributed by atoms with Gasteiger partial charge in [0.15, 0.2) is 0 Å². The highest BCUT2D eigenvalue weighted by atomic mass is 16.5. The molecule has 3 heterocycles. The third-order valence-electron chi connectivity index (χ3n) is 6.83. The smallest absolute Gasteiger partial charge is 0.246 e. The zero-order chi connectivity index (χ0) is 23.1. The number of rotatable bonds is 6. The summed E-state index contributed by atoms with van der Waals surface area (Å²) in [6, 6.07) is 15.1. The van der Waals surface area contributed by atoms with Gasteiger partial charge in [0.05, 0.1) is 13.2 Å². The quantitative estimate of drug-likeness (QED) is 0.615. The summed E-state index contributed by atoms with van der Waals surface area (Å²) >= 11 is 0. The maximum absolute atomic E-state index is 13.7. The van der Waals surface area contributed by atoms with E-state index in [9.17, 15) is 9.59 Å². The van der Waals surface area contributed by atoms with E-state index in [1.165, 1.54) is 0 Å². The van der Waals surface area contributed by atoms with Gasteiger partial charge in [-0.3, -0.25) is 9.59 Å². The van der Waals surface area contributed by atoms with E-state index in [0.29, 0.717) is 25.5 Å². The molecule has 1 aromatic heterocycles. The molecule has 2 aliphatic rings. The number of nitrogens with one attached hydrogen (secondary N) is 1. The van der Waals surface area contributed by atoms with Crippen LogP contribution in [0, 0.1) is 5.92 Å². The molecular formula is C27H31N3O3. The molecule has 0 bridgehead atoms. The maximum Gasteiger partial charge on any atom is 0.246 e. The second kappa shape index (κ2) is 8.58. The molecule has 172 valence electrons. The lowest BCUT2D eigenvalue weighted by atomic mass is 9.85. The fraction of sp³-hybridized carbons (Fsp3) is 0.407. The predicted octanol–water partition coefficient (Wildman–Crippen LogP) is 4.30. The van der Waals surface area contributed by atoms with E-state index in [0.717, 1.165) is 39.9 Å². The van der Waals surface area contributed by atoms with Crippen molar-refractivity contribution in [1.29, 1.82) is 0 Å². The Morgan fingerprint density at radius 1 is 1.09 bits per heavy atom. The number of ether oxygens (including phenoxy) is 1. The Bertz CT molecular complexity index is 1200. The Kier molecular flexibility index (Phi) is 5.60. The lowest BCUT2D eigenvalue weighted by Crippen LogP contribution is -2.63. The fourth-order valence-corrected chi connectivity index (χ4v) is 5.24. The molecule has 1 N–H and O–H groups in total. The first-order valence-corrected chi connectivity index (χ1v) is 11.9. The number of benzene rings is 2. The average molecular weight is 446 g/mol. The number of H-pyrrole nitrogens is 1. The second-order valence-electron chi connectivity index (χ2n) is 9.40. The standard InChI is InChI=1S/C27H31N3O3/c1-4-33-23-12-8-6-10-19(23)26-25-20(18-9-5-7-11-21(18)28-25)15-22-27(32)29(14-13-17(2)3)16-24(31)30(22)26/h5-12,17,22,26,28H,4,13-16H2,1-3H3/t22-,26-/m0/s1. The summed E-state index contributed by atoms with van der Waals surface area (Å²) in [6.45, 7) is 7.52. The molecule has 0 radical (unpaired) electrons. The van der Waals surface area contributed by atoms with E-state index in [4.69, 9.17) is 4.74 Å². The second-order valence-corrected chi connectivity index (χ2v) is 9.40. The summed E-state index contributed by atoms with van der Waals surface area (Å²) in [4.78, 5) is 34.4. The van der Waals surface area contributed by atoms with Crippen LogP contribution in [0.2, 0.25) is 0 Å². The number of fused-ring (bicyclic) bond motifs is 4. The van der Waals surface area contributed by atoms with Gasteiger partial charge in [0.25, 0.3) is 0 Å². The van der Waals surface area contributed by atoms with Gasteiger partial charge in [-0.1, -0.05) is 50.2 Å². The predicted molar refractivity (Wildman–Crippen MR) is 128 cm³/mol. The van der Waals surface area contributed by atoms with Crippen molar-refractivity contribution in [1.82, 2.24) is 14.8 Å². The number of aromatic amines is 1. The van der Waals surface area contributed by atoms with Gasteiger partial charge in [-0.05, 0) is 37.0 Å². The van der Waals surface area contributed by atoms with Crippen molar-refractivity contribution >= 4 is 22.7 Å². The lowest BCUT2D eigenvalue weighted by Gasteiger charge is -2.47. The van der Waals surface area contributed by atoms with Gasteiger partial charge in [0, 0.05) is 35.1 Å². The minimum atomic E-state index is -0.509. The third kappa shape index (κ3) is 3.67. The Morgan fingerprint density at radius 3 is 2.64 bits per heavy atom. The van der Waals surface area contributed by atoms with E-state index in [1.807, 2.05) is 48.2 Å². The van der Waals surface area contributed by atoms with E-state index >= 15 is 0 Å². The Hall–Kier alpha value is -3.28. The molecule has 5 rings (SSSR count). The summed E-state index contributed by atoms with van der Waals surface area (Å²) in [5.74, 6) is 1.26. The van der Waals surface area contributed by atoms with Crippen molar-refractivity contribution in [2.75, 3.05) is 19.7 Å². The van der Waals surface area contributed by atoms with Gasteiger partial charge < -0.3 is 19.5 Å². The third-order valence-corrected chi connectivity index (χ3v) is 6.83. The van der Waals surface area contributed by atoms with Crippen LogP contribution in [0.4, 0.5) is 0 Å². The molecule has 0 saturated carbocycles. The van der Waals surface area contributed by atoms with Crippen LogP contribution in [0.3, 0.4) is 0 Å². The van der Waals surface area contributed by atoms with Crippen LogP contribution in [0.1, 0.15) is 50.1 Å². The SMILES string of the molecule is CCOc1ccccc1[C@H]1c2[nH]c3ccccc3c2C[C@H]2C(=O)N(CCC(C)C)CC(=O)N12. The number of para-hydroxylation sites is 2. The van der Waals surface area contributed by atoms with Crippen LogP contribution in [-0.2, 0) is 16.0 Å². The van der Waals surface area contributed by atoms with Crippen LogP contribution in [0.5, 0.6) is 5.75 Å². The molecule has 0 aliphatic carbocycles. The van der Waals surface area contributed by atoms with E-state index < -0.39 is 12.1 Å². The normalized spacial score (nSPS) is 20.4. The summed E-state index contributed by atoms with van der Waals surface area (Å²) in [5.41, 5.74) is 4.04. The van der Waals surface area contributed by atoms with Gasteiger partial charge >= 0.3 is 0 Å². The number of amides is 2. The number of piperazine rings is 1. The van der Waals surface area contributed by atoms with Gasteiger partial charge in [0.2, 0.25) is 11.8 Å². The molecule has 2 amide bonds. The van der Waals surface area contributed by atoms with Gasteiger partial charge in [-0.2, -0.15) is 0 Å². The highest BCUT2D eigenvalue weighted by Gasteiger charge is 2.48. The topological polar surface area (TPSA) is 65.6 Å². The zero-order valence-electron chi connectivity index (χ0n) is 19.5. The molecule has 2 aliphatic heterocycles. The van der Waals surface area contributed by atoms with Crippen molar-refractivity contribution in [2.45, 2.75) is 45.7 Å². The van der Waals surface area contributed by atoms with E-state index in [2.05, 4.69) is 31.0 Å². The molecule has 0 spiro atoms. The van der Waals surface area contributed by atoms with Crippen molar-refractivity contribution in [3.63, 3.8) is 0 Å². The minimum Gasteiger partial charge on any atom is -0.494 e. The summed E-state index contributed by atoms with van der Waals surface area (Å²) in [7, 11) is 0. The van der Waals surface area contributed by atoms with Crippen molar-refractivity contribution in [3.05, 3.63) is 65.4 Å². The van der Waals surface area contributed by atoms with Gasteiger partial charge in [-0.25, -0.2) is 0 Å². The van der Waals surface area contributed by atoms with Crippen LogP contribution >= 0.6 is 0 Å². The zero-order valence-corrected chi connectivity index (χ0v) is 19.5. The van der Waals surface area contributed by atoms with Crippen LogP contribution < -0.4 is 4.74 Å². The van der Waals surface area contributed by atoms with Crippen LogP contribution in [0.15, 0.2) is 48.5 Å². The molecule has 2 aromatic carbocycles. The molecule has 1 fully saturated rings. The minimum absolute atomic E-state index is 0.0102. The van der Waals surface area contributed by atoms with E-state index in [1.54, 1.807) is 4.90 Å². The van der Waals surface area contributed by atoms with Gasteiger partial charge in [-0.15, -0.1) is 0 Å². The molecule has 6 nitrogen and oxygen atoms in total. The Balaban J connectivity index is 1.65. The number of nitrogens with zero attached hydrogens (tertiary/aromatic N) is 2. The Labute approximate surface area is 194 Å². The number of hydrogen-bond acceptors (Lipinski definition) is 3. The lowest BCUT2D eigenvalue weighted by molar-refractivity contribution is -0.158. The molecule has 33 heavy (non-hydrogen) atoms. The number of carbonyl (C=O) groups excluding carboxylic acids is 2. The molecule has 6 heteroatoms. The monoisotopic (exact) mass is 445 g/mol. The highest BCUT2D eigenvalue weighted by molar-refractivity contribution is 5.97. The maximum atomic E-state index is 13.7. The van der Waals surface area contributed by atoms with Crippen molar-refractivity contribution in [3.8, 4) is 5.75 Å². The van der Waals surface area contributed by atoms with E-state index in [-0.39, 0.29) is 18.4 Å². The molecule has 0 unspecified atom stereocenters. The largest absolute Gasteiger partial charge is 0.494 e. The first-order valence-electron chi connectivity index (χ1n) is 11.9.